The molecular formula is C67H47N3Si. The maximum atomic E-state index is 5.49. The average molecular weight is 922 g/mol. The Labute approximate surface area is 416 Å². The molecule has 3 nitrogen and oxygen atoms in total. The highest BCUT2D eigenvalue weighted by atomic mass is 28.3. The lowest BCUT2D eigenvalue weighted by Gasteiger charge is -2.34. The molecule has 0 aliphatic carbocycles. The van der Waals surface area contributed by atoms with Crippen molar-refractivity contribution in [3.63, 3.8) is 0 Å². The molecule has 334 valence electrons. The van der Waals surface area contributed by atoms with E-state index >= 15 is 0 Å². The van der Waals surface area contributed by atoms with E-state index in [0.29, 0.717) is 17.5 Å². The van der Waals surface area contributed by atoms with Gasteiger partial charge in [0, 0.05) is 22.3 Å². The van der Waals surface area contributed by atoms with E-state index in [1.807, 2.05) is 6.07 Å². The number of hydrogen-bond acceptors (Lipinski definition) is 3. The molecule has 4 heteroatoms. The second-order valence-corrected chi connectivity index (χ2v) is 21.7. The third-order valence-corrected chi connectivity index (χ3v) is 18.4. The molecule has 1 aromatic heterocycles. The predicted molar refractivity (Wildman–Crippen MR) is 299 cm³/mol. The van der Waals surface area contributed by atoms with Gasteiger partial charge in [0.15, 0.2) is 25.5 Å². The highest BCUT2D eigenvalue weighted by Gasteiger charge is 2.41. The Balaban J connectivity index is 1.14. The third-order valence-electron chi connectivity index (χ3n) is 13.7. The molecular weight excluding hydrogens is 875 g/mol. The SMILES string of the molecule is c1ccc(-c2ccc(-c3nc(-c4ccc5ccccc5c4)nc(-c4cc(-c5ccccc5)cc(-c5cccc([Si](c6ccccc6)(c6ccccc6)c6ccccc6)c5)c4-c4ccccc4)n3)cc2)cc1. The highest BCUT2D eigenvalue weighted by molar-refractivity contribution is 7.19. The molecule has 0 fully saturated rings. The number of rotatable bonds is 11. The first kappa shape index (κ1) is 43.2. The molecule has 12 aromatic rings. The number of fused-ring (bicyclic) bond motifs is 1. The average Bonchev–Trinajstić information content (AvgIpc) is 3.46. The van der Waals surface area contributed by atoms with Gasteiger partial charge in [-0.1, -0.05) is 267 Å². The van der Waals surface area contributed by atoms with Gasteiger partial charge in [-0.15, -0.1) is 0 Å². The van der Waals surface area contributed by atoms with E-state index in [4.69, 9.17) is 15.0 Å². The van der Waals surface area contributed by atoms with Crippen LogP contribution >= 0.6 is 0 Å². The van der Waals surface area contributed by atoms with Crippen LogP contribution in [0.4, 0.5) is 0 Å². The van der Waals surface area contributed by atoms with Crippen molar-refractivity contribution in [1.82, 2.24) is 15.0 Å². The van der Waals surface area contributed by atoms with Gasteiger partial charge in [0.05, 0.1) is 0 Å². The number of benzene rings is 11. The molecule has 0 amide bonds. The van der Waals surface area contributed by atoms with Crippen molar-refractivity contribution in [2.24, 2.45) is 0 Å². The molecule has 0 spiro atoms. The first-order valence-electron chi connectivity index (χ1n) is 24.2. The minimum absolute atomic E-state index is 0.598. The summed E-state index contributed by atoms with van der Waals surface area (Å²) in [4.78, 5) is 16.2. The van der Waals surface area contributed by atoms with Gasteiger partial charge in [-0.3, -0.25) is 0 Å². The van der Waals surface area contributed by atoms with Crippen LogP contribution in [0, 0.1) is 0 Å². The molecule has 0 saturated carbocycles. The third kappa shape index (κ3) is 8.37. The summed E-state index contributed by atoms with van der Waals surface area (Å²) in [6.07, 6.45) is 0. The minimum Gasteiger partial charge on any atom is -0.208 e. The summed E-state index contributed by atoms with van der Waals surface area (Å²) in [5.74, 6) is 1.82. The predicted octanol–water partition coefficient (Wildman–Crippen LogP) is 14.1. The Morgan fingerprint density at radius 3 is 1.18 bits per heavy atom. The van der Waals surface area contributed by atoms with Crippen molar-refractivity contribution in [3.05, 3.63) is 285 Å². The number of nitrogens with zero attached hydrogens (tertiary/aromatic N) is 3. The monoisotopic (exact) mass is 921 g/mol. The Morgan fingerprint density at radius 2 is 0.606 bits per heavy atom. The van der Waals surface area contributed by atoms with Crippen molar-refractivity contribution < 1.29 is 0 Å². The van der Waals surface area contributed by atoms with Crippen molar-refractivity contribution >= 4 is 39.6 Å². The van der Waals surface area contributed by atoms with Crippen LogP contribution in [0.2, 0.25) is 0 Å². The Morgan fingerprint density at radius 1 is 0.211 bits per heavy atom. The lowest BCUT2D eigenvalue weighted by molar-refractivity contribution is 1.07. The summed E-state index contributed by atoms with van der Waals surface area (Å²) in [5.41, 5.74) is 11.5. The van der Waals surface area contributed by atoms with Crippen LogP contribution in [0.3, 0.4) is 0 Å². The number of aromatic nitrogens is 3. The molecule has 0 unspecified atom stereocenters. The van der Waals surface area contributed by atoms with Crippen molar-refractivity contribution in [1.29, 1.82) is 0 Å². The Bertz CT molecular complexity index is 3680. The largest absolute Gasteiger partial charge is 0.208 e. The smallest absolute Gasteiger partial charge is 0.179 e. The molecule has 0 aliphatic rings. The first-order valence-corrected chi connectivity index (χ1v) is 26.2. The number of hydrogen-bond donors (Lipinski definition) is 0. The van der Waals surface area contributed by atoms with Crippen molar-refractivity contribution in [2.45, 2.75) is 0 Å². The van der Waals surface area contributed by atoms with Gasteiger partial charge < -0.3 is 0 Å². The van der Waals surface area contributed by atoms with Crippen molar-refractivity contribution in [3.8, 4) is 78.7 Å². The molecule has 12 rings (SSSR count). The normalized spacial score (nSPS) is 11.4. The second kappa shape index (κ2) is 19.1. The minimum atomic E-state index is -2.88. The van der Waals surface area contributed by atoms with Crippen LogP contribution in [0.25, 0.3) is 89.4 Å². The van der Waals surface area contributed by atoms with Gasteiger partial charge in [0.2, 0.25) is 0 Å². The van der Waals surface area contributed by atoms with Crippen molar-refractivity contribution in [2.75, 3.05) is 0 Å². The molecule has 0 bridgehead atoms. The fourth-order valence-electron chi connectivity index (χ4n) is 10.3. The maximum Gasteiger partial charge on any atom is 0.179 e. The maximum absolute atomic E-state index is 5.49. The van der Waals surface area contributed by atoms with E-state index in [2.05, 4.69) is 279 Å². The molecule has 0 radical (unpaired) electrons. The molecule has 1 heterocycles. The quantitative estimate of drug-likeness (QED) is 0.0958. The Kier molecular flexibility index (Phi) is 11.6. The van der Waals surface area contributed by atoms with Gasteiger partial charge in [-0.2, -0.15) is 0 Å². The topological polar surface area (TPSA) is 38.7 Å². The summed E-state index contributed by atoms with van der Waals surface area (Å²) in [7, 11) is -2.88. The summed E-state index contributed by atoms with van der Waals surface area (Å²) >= 11 is 0. The van der Waals surface area contributed by atoms with E-state index in [0.717, 1.165) is 72.0 Å². The second-order valence-electron chi connectivity index (χ2n) is 17.9. The van der Waals surface area contributed by atoms with E-state index in [1.54, 1.807) is 0 Å². The standard InChI is InChI=1S/C67H47N3Si/c1-7-22-48(23-8-1)51-38-41-53(42-39-51)65-68-66(56-43-40-50-26-19-20-29-54(50)44-56)70-67(69-65)63-47-57(49-24-9-2-10-25-49)46-62(64(63)52-27-11-3-12-28-52)55-30-21-37-61(45-55)71(58-31-13-4-14-32-58,59-33-15-5-16-34-59)60-35-17-6-18-36-60/h1-47H. The molecule has 0 atom stereocenters. The highest BCUT2D eigenvalue weighted by Crippen LogP contribution is 2.43. The van der Waals surface area contributed by atoms with Gasteiger partial charge >= 0.3 is 0 Å². The van der Waals surface area contributed by atoms with Gasteiger partial charge in [-0.25, -0.2) is 15.0 Å². The van der Waals surface area contributed by atoms with Gasteiger partial charge in [0.25, 0.3) is 0 Å². The van der Waals surface area contributed by atoms with E-state index < -0.39 is 8.07 Å². The van der Waals surface area contributed by atoms with Crippen LogP contribution in [0.15, 0.2) is 285 Å². The van der Waals surface area contributed by atoms with Crippen LogP contribution < -0.4 is 20.7 Å². The zero-order chi connectivity index (χ0) is 47.4. The van der Waals surface area contributed by atoms with Crippen LogP contribution in [0.1, 0.15) is 0 Å². The lowest BCUT2D eigenvalue weighted by Crippen LogP contribution is -2.74. The van der Waals surface area contributed by atoms with Gasteiger partial charge in [-0.05, 0) is 88.7 Å². The summed E-state index contributed by atoms with van der Waals surface area (Å²) in [6.45, 7) is 0. The summed E-state index contributed by atoms with van der Waals surface area (Å²) in [6, 6.07) is 103. The fraction of sp³-hybridized carbons (Fsp3) is 0. The fourth-order valence-corrected chi connectivity index (χ4v) is 15.1. The molecule has 0 aliphatic heterocycles. The zero-order valence-electron chi connectivity index (χ0n) is 39.0. The summed E-state index contributed by atoms with van der Waals surface area (Å²) in [5, 5.41) is 7.56. The summed E-state index contributed by atoms with van der Waals surface area (Å²) < 4.78 is 0. The lowest BCUT2D eigenvalue weighted by atomic mass is 9.86. The van der Waals surface area contributed by atoms with E-state index in [-0.39, 0.29) is 0 Å². The van der Waals surface area contributed by atoms with Crippen LogP contribution in [-0.4, -0.2) is 23.0 Å². The molecule has 71 heavy (non-hydrogen) atoms. The Hall–Kier alpha value is -9.09. The van der Waals surface area contributed by atoms with E-state index in [1.165, 1.54) is 20.7 Å². The molecule has 11 aromatic carbocycles. The van der Waals surface area contributed by atoms with E-state index in [9.17, 15) is 0 Å². The zero-order valence-corrected chi connectivity index (χ0v) is 40.0. The molecule has 0 N–H and O–H groups in total. The van der Waals surface area contributed by atoms with Crippen LogP contribution in [0.5, 0.6) is 0 Å². The first-order chi connectivity index (χ1) is 35.2. The van der Waals surface area contributed by atoms with Crippen LogP contribution in [-0.2, 0) is 0 Å². The molecule has 0 saturated heterocycles. The van der Waals surface area contributed by atoms with Gasteiger partial charge in [0.1, 0.15) is 0 Å².